The average molecular weight is 391 g/mol. The molecule has 4 aliphatic rings. The smallest absolute Gasteiger partial charge is 0.119 e. The van der Waals surface area contributed by atoms with Gasteiger partial charge in [-0.2, -0.15) is 0 Å². The number of hydrogen-bond donors (Lipinski definition) is 0. The highest BCUT2D eigenvalue weighted by Crippen LogP contribution is 2.53. The maximum atomic E-state index is 9.17. The zero-order valence-corrected chi connectivity index (χ0v) is 19.0. The van der Waals surface area contributed by atoms with Crippen molar-refractivity contribution >= 4 is 6.29 Å². The van der Waals surface area contributed by atoms with Crippen LogP contribution in [0.5, 0.6) is 0 Å². The Morgan fingerprint density at radius 1 is 0.857 bits per heavy atom. The first-order chi connectivity index (χ1) is 13.6. The summed E-state index contributed by atoms with van der Waals surface area (Å²) in [5.74, 6) is 1.88. The van der Waals surface area contributed by atoms with E-state index >= 15 is 0 Å². The van der Waals surface area contributed by atoms with Crippen molar-refractivity contribution in [3.63, 3.8) is 0 Å². The summed E-state index contributed by atoms with van der Waals surface area (Å²) in [7, 11) is 0. The van der Waals surface area contributed by atoms with Crippen LogP contribution in [0, 0.1) is 17.3 Å². The Bertz CT molecular complexity index is 447. The summed E-state index contributed by atoms with van der Waals surface area (Å²) in [5.41, 5.74) is 0.804. The molecular weight excluding hydrogens is 344 g/mol. The molecule has 0 aromatic rings. The van der Waals surface area contributed by atoms with E-state index in [-0.39, 0.29) is 0 Å². The molecule has 0 atom stereocenters. The molecule has 162 valence electrons. The standard InChI is InChI=1S/C22H40N2.C3H6O/c1-18(2)19-6-12-23(13-7-19)20-8-14-24(15-9-20)21-16-22(17-21)10-4-3-5-11-22;1-2-3-4/h18-21H,3-17H2,1-2H3;3H,2H2,1H3. The van der Waals surface area contributed by atoms with Gasteiger partial charge in [0.1, 0.15) is 6.29 Å². The van der Waals surface area contributed by atoms with Crippen LogP contribution < -0.4 is 0 Å². The SMILES string of the molecule is CC(C)C1CCN(C2CCN(C3CC4(CCCCC4)C3)CC2)CC1.CCC=O. The fraction of sp³-hybridized carbons (Fsp3) is 0.960. The molecule has 3 heteroatoms. The fourth-order valence-corrected chi connectivity index (χ4v) is 6.48. The van der Waals surface area contributed by atoms with E-state index < -0.39 is 0 Å². The molecule has 0 unspecified atom stereocenters. The maximum Gasteiger partial charge on any atom is 0.119 e. The van der Waals surface area contributed by atoms with Gasteiger partial charge >= 0.3 is 0 Å². The first kappa shape index (κ1) is 22.3. The number of carbonyl (C=O) groups is 1. The van der Waals surface area contributed by atoms with Crippen LogP contribution in [0.3, 0.4) is 0 Å². The average Bonchev–Trinajstić information content (AvgIpc) is 2.73. The third kappa shape index (κ3) is 5.59. The number of aldehydes is 1. The number of carbonyl (C=O) groups excluding carboxylic acids is 1. The van der Waals surface area contributed by atoms with Gasteiger partial charge in [-0.3, -0.25) is 0 Å². The second kappa shape index (κ2) is 10.6. The van der Waals surface area contributed by atoms with Crippen LogP contribution in [0.1, 0.15) is 97.8 Å². The van der Waals surface area contributed by atoms with E-state index in [1.54, 1.807) is 12.8 Å². The molecule has 2 saturated heterocycles. The second-order valence-corrected chi connectivity index (χ2v) is 10.6. The molecule has 0 aromatic heterocycles. The topological polar surface area (TPSA) is 23.6 Å². The normalized spacial score (nSPS) is 28.0. The van der Waals surface area contributed by atoms with Crippen LogP contribution in [0.2, 0.25) is 0 Å². The van der Waals surface area contributed by atoms with Gasteiger partial charge in [0.25, 0.3) is 0 Å². The summed E-state index contributed by atoms with van der Waals surface area (Å²) in [5, 5.41) is 0. The molecule has 2 heterocycles. The Morgan fingerprint density at radius 3 is 1.86 bits per heavy atom. The first-order valence-electron chi connectivity index (χ1n) is 12.5. The van der Waals surface area contributed by atoms with Crippen molar-refractivity contribution < 1.29 is 4.79 Å². The largest absolute Gasteiger partial charge is 0.303 e. The van der Waals surface area contributed by atoms with Gasteiger partial charge < -0.3 is 14.6 Å². The molecule has 28 heavy (non-hydrogen) atoms. The van der Waals surface area contributed by atoms with Crippen molar-refractivity contribution in [1.82, 2.24) is 9.80 Å². The molecule has 1 spiro atoms. The minimum atomic E-state index is 0.639. The third-order valence-electron chi connectivity index (χ3n) is 8.47. The van der Waals surface area contributed by atoms with Gasteiger partial charge in [0.2, 0.25) is 0 Å². The zero-order valence-electron chi connectivity index (χ0n) is 19.0. The zero-order chi connectivity index (χ0) is 20.0. The predicted octanol–water partition coefficient (Wildman–Crippen LogP) is 5.53. The third-order valence-corrected chi connectivity index (χ3v) is 8.47. The Kier molecular flexibility index (Phi) is 8.41. The van der Waals surface area contributed by atoms with Crippen LogP contribution in [0.4, 0.5) is 0 Å². The molecule has 0 bridgehead atoms. The highest BCUT2D eigenvalue weighted by molar-refractivity contribution is 5.48. The van der Waals surface area contributed by atoms with E-state index in [2.05, 4.69) is 23.6 Å². The molecule has 2 aliphatic carbocycles. The molecule has 4 rings (SSSR count). The second-order valence-electron chi connectivity index (χ2n) is 10.6. The van der Waals surface area contributed by atoms with Gasteiger partial charge in [-0.25, -0.2) is 0 Å². The maximum absolute atomic E-state index is 9.17. The summed E-state index contributed by atoms with van der Waals surface area (Å²) in [6.07, 6.45) is 18.0. The van der Waals surface area contributed by atoms with Gasteiger partial charge in [-0.05, 0) is 94.8 Å². The lowest BCUT2D eigenvalue weighted by Gasteiger charge is -2.55. The molecule has 2 saturated carbocycles. The number of piperidine rings is 2. The Morgan fingerprint density at radius 2 is 1.36 bits per heavy atom. The fourth-order valence-electron chi connectivity index (χ4n) is 6.48. The van der Waals surface area contributed by atoms with Crippen molar-refractivity contribution in [1.29, 1.82) is 0 Å². The van der Waals surface area contributed by atoms with Crippen LogP contribution in [-0.2, 0) is 4.79 Å². The van der Waals surface area contributed by atoms with Crippen molar-refractivity contribution in [3.8, 4) is 0 Å². The van der Waals surface area contributed by atoms with Crippen molar-refractivity contribution in [3.05, 3.63) is 0 Å². The number of likely N-dealkylation sites (tertiary alicyclic amines) is 2. The monoisotopic (exact) mass is 390 g/mol. The molecule has 0 aromatic carbocycles. The lowest BCUT2D eigenvalue weighted by atomic mass is 9.58. The van der Waals surface area contributed by atoms with Crippen molar-refractivity contribution in [2.75, 3.05) is 26.2 Å². The van der Waals surface area contributed by atoms with Gasteiger partial charge in [0.15, 0.2) is 0 Å². The van der Waals surface area contributed by atoms with Crippen LogP contribution in [-0.4, -0.2) is 54.3 Å². The quantitative estimate of drug-likeness (QED) is 0.590. The van der Waals surface area contributed by atoms with E-state index in [1.807, 2.05) is 6.92 Å². The number of rotatable bonds is 4. The molecule has 0 amide bonds. The van der Waals surface area contributed by atoms with Crippen LogP contribution >= 0.6 is 0 Å². The molecular formula is C25H46N2O. The van der Waals surface area contributed by atoms with E-state index in [0.717, 1.165) is 35.6 Å². The minimum Gasteiger partial charge on any atom is -0.303 e. The summed E-state index contributed by atoms with van der Waals surface area (Å²) in [4.78, 5) is 14.9. The van der Waals surface area contributed by atoms with E-state index in [9.17, 15) is 4.79 Å². The molecule has 0 radical (unpaired) electrons. The number of nitrogens with zero attached hydrogens (tertiary/aromatic N) is 2. The predicted molar refractivity (Wildman–Crippen MR) is 119 cm³/mol. The van der Waals surface area contributed by atoms with E-state index in [4.69, 9.17) is 0 Å². The molecule has 3 nitrogen and oxygen atoms in total. The molecule has 0 N–H and O–H groups in total. The van der Waals surface area contributed by atoms with E-state index in [1.165, 1.54) is 84.0 Å². The Hall–Kier alpha value is -0.410. The molecule has 2 aliphatic heterocycles. The number of hydrogen-bond acceptors (Lipinski definition) is 3. The molecule has 4 fully saturated rings. The highest BCUT2D eigenvalue weighted by atomic mass is 16.1. The lowest BCUT2D eigenvalue weighted by Crippen LogP contribution is -2.56. The highest BCUT2D eigenvalue weighted by Gasteiger charge is 2.47. The van der Waals surface area contributed by atoms with Gasteiger partial charge in [-0.1, -0.05) is 40.0 Å². The van der Waals surface area contributed by atoms with E-state index in [0.29, 0.717) is 6.42 Å². The summed E-state index contributed by atoms with van der Waals surface area (Å²) >= 11 is 0. The van der Waals surface area contributed by atoms with Crippen molar-refractivity contribution in [2.45, 2.75) is 110 Å². The summed E-state index contributed by atoms with van der Waals surface area (Å²) < 4.78 is 0. The Labute approximate surface area is 174 Å². The van der Waals surface area contributed by atoms with Gasteiger partial charge in [0.05, 0.1) is 0 Å². The van der Waals surface area contributed by atoms with Crippen LogP contribution in [0.15, 0.2) is 0 Å². The summed E-state index contributed by atoms with van der Waals surface area (Å²) in [6, 6.07) is 1.86. The van der Waals surface area contributed by atoms with Gasteiger partial charge in [0, 0.05) is 18.5 Å². The Balaban J connectivity index is 0.000000516. The first-order valence-corrected chi connectivity index (χ1v) is 12.5. The van der Waals surface area contributed by atoms with Crippen LogP contribution in [0.25, 0.3) is 0 Å². The van der Waals surface area contributed by atoms with Gasteiger partial charge in [-0.15, -0.1) is 0 Å². The summed E-state index contributed by atoms with van der Waals surface area (Å²) in [6.45, 7) is 12.2. The van der Waals surface area contributed by atoms with Crippen molar-refractivity contribution in [2.24, 2.45) is 17.3 Å². The minimum absolute atomic E-state index is 0.639. The lowest BCUT2D eigenvalue weighted by molar-refractivity contribution is -0.107.